The van der Waals surface area contributed by atoms with E-state index in [1.54, 1.807) is 19.1 Å². The maximum Gasteiger partial charge on any atom is 0.313 e. The quantitative estimate of drug-likeness (QED) is 0.729. The molecule has 2 aromatic rings. The van der Waals surface area contributed by atoms with Crippen LogP contribution in [0.15, 0.2) is 42.5 Å². The number of anilines is 1. The summed E-state index contributed by atoms with van der Waals surface area (Å²) in [7, 11) is 0. The number of phenols is 1. The van der Waals surface area contributed by atoms with Crippen molar-refractivity contribution in [3.05, 3.63) is 53.6 Å². The third-order valence-corrected chi connectivity index (χ3v) is 3.59. The van der Waals surface area contributed by atoms with Gasteiger partial charge in [0.2, 0.25) is 0 Å². The van der Waals surface area contributed by atoms with Crippen LogP contribution in [0.25, 0.3) is 0 Å². The van der Waals surface area contributed by atoms with Crippen LogP contribution in [-0.4, -0.2) is 23.5 Å². The third-order valence-electron chi connectivity index (χ3n) is 3.59. The van der Waals surface area contributed by atoms with Crippen molar-refractivity contribution >= 4 is 17.5 Å². The number of benzene rings is 2. The van der Waals surface area contributed by atoms with Crippen molar-refractivity contribution in [2.45, 2.75) is 26.8 Å². The van der Waals surface area contributed by atoms with Crippen LogP contribution in [0.3, 0.4) is 0 Å². The minimum absolute atomic E-state index is 0.00712. The van der Waals surface area contributed by atoms with Crippen LogP contribution in [0.5, 0.6) is 11.5 Å². The van der Waals surface area contributed by atoms with Gasteiger partial charge in [0.15, 0.2) is 0 Å². The van der Waals surface area contributed by atoms with E-state index < -0.39 is 17.9 Å². The predicted octanol–water partition coefficient (Wildman–Crippen LogP) is 2.92. The molecule has 0 aromatic heterocycles. The van der Waals surface area contributed by atoms with E-state index in [-0.39, 0.29) is 5.75 Å². The third kappa shape index (κ3) is 4.97. The van der Waals surface area contributed by atoms with Crippen molar-refractivity contribution in [3.63, 3.8) is 0 Å². The topological polar surface area (TPSA) is 87.7 Å². The highest BCUT2D eigenvalue weighted by molar-refractivity contribution is 6.39. The van der Waals surface area contributed by atoms with Gasteiger partial charge in [0.25, 0.3) is 0 Å². The molecular formula is C19H22N2O4. The summed E-state index contributed by atoms with van der Waals surface area (Å²) in [5.74, 6) is -0.884. The van der Waals surface area contributed by atoms with Gasteiger partial charge in [-0.1, -0.05) is 23.8 Å². The second-order valence-electron chi connectivity index (χ2n) is 5.67. The fraction of sp³-hybridized carbons (Fsp3) is 0.263. The van der Waals surface area contributed by atoms with E-state index in [1.807, 2.05) is 32.0 Å². The van der Waals surface area contributed by atoms with E-state index in [9.17, 15) is 14.7 Å². The first kappa shape index (κ1) is 18.3. The van der Waals surface area contributed by atoms with E-state index in [0.29, 0.717) is 18.0 Å². The summed E-state index contributed by atoms with van der Waals surface area (Å²) in [5, 5.41) is 14.5. The van der Waals surface area contributed by atoms with Gasteiger partial charge in [0.1, 0.15) is 11.5 Å². The smallest absolute Gasteiger partial charge is 0.313 e. The van der Waals surface area contributed by atoms with Gasteiger partial charge in [0.05, 0.1) is 12.6 Å². The van der Waals surface area contributed by atoms with Gasteiger partial charge in [-0.05, 0) is 39.0 Å². The molecule has 132 valence electrons. The number of carbonyl (C=O) groups excluding carboxylic acids is 2. The van der Waals surface area contributed by atoms with Gasteiger partial charge >= 0.3 is 11.8 Å². The molecule has 0 heterocycles. The Bertz CT molecular complexity index is 774. The number of aromatic hydroxyl groups is 1. The average Bonchev–Trinajstić information content (AvgIpc) is 2.56. The molecule has 0 bridgehead atoms. The molecule has 3 N–H and O–H groups in total. The molecule has 0 saturated heterocycles. The number of nitrogens with one attached hydrogen (secondary N) is 2. The van der Waals surface area contributed by atoms with E-state index >= 15 is 0 Å². The highest BCUT2D eigenvalue weighted by Crippen LogP contribution is 2.26. The Kier molecular flexibility index (Phi) is 6.00. The summed E-state index contributed by atoms with van der Waals surface area (Å²) >= 11 is 0. The highest BCUT2D eigenvalue weighted by atomic mass is 16.5. The van der Waals surface area contributed by atoms with Crippen molar-refractivity contribution in [3.8, 4) is 11.5 Å². The first-order valence-corrected chi connectivity index (χ1v) is 8.05. The molecule has 0 radical (unpaired) electrons. The molecule has 25 heavy (non-hydrogen) atoms. The minimum atomic E-state index is -0.803. The average molecular weight is 342 g/mol. The molecule has 0 aliphatic rings. The van der Waals surface area contributed by atoms with Crippen molar-refractivity contribution in [2.24, 2.45) is 0 Å². The maximum absolute atomic E-state index is 12.1. The minimum Gasteiger partial charge on any atom is -0.508 e. The Morgan fingerprint density at radius 2 is 1.92 bits per heavy atom. The standard InChI is InChI=1S/C19H22N2O4/c1-4-25-17-9-8-12(2)10-16(17)13(3)20-18(23)19(24)21-14-6-5-7-15(22)11-14/h5-11,13,22H,4H2,1-3H3,(H,20,23)(H,21,24). The molecule has 0 aliphatic carbocycles. The molecule has 2 rings (SSSR count). The highest BCUT2D eigenvalue weighted by Gasteiger charge is 2.19. The van der Waals surface area contributed by atoms with Crippen molar-refractivity contribution in [1.29, 1.82) is 0 Å². The Labute approximate surface area is 146 Å². The number of hydrogen-bond donors (Lipinski definition) is 3. The van der Waals surface area contributed by atoms with Crippen LogP contribution in [0, 0.1) is 6.92 Å². The number of amides is 2. The Morgan fingerprint density at radius 3 is 2.60 bits per heavy atom. The first-order chi connectivity index (χ1) is 11.9. The van der Waals surface area contributed by atoms with Crippen molar-refractivity contribution in [2.75, 3.05) is 11.9 Å². The summed E-state index contributed by atoms with van der Waals surface area (Å²) < 4.78 is 5.58. The molecule has 1 atom stereocenters. The van der Waals surface area contributed by atoms with E-state index in [0.717, 1.165) is 11.1 Å². The van der Waals surface area contributed by atoms with Gasteiger partial charge < -0.3 is 20.5 Å². The van der Waals surface area contributed by atoms with Crippen LogP contribution < -0.4 is 15.4 Å². The monoisotopic (exact) mass is 342 g/mol. The molecular weight excluding hydrogens is 320 g/mol. The van der Waals surface area contributed by atoms with Crippen molar-refractivity contribution < 1.29 is 19.4 Å². The van der Waals surface area contributed by atoms with Crippen LogP contribution >= 0.6 is 0 Å². The number of aryl methyl sites for hydroxylation is 1. The largest absolute Gasteiger partial charge is 0.508 e. The fourth-order valence-electron chi connectivity index (χ4n) is 2.40. The lowest BCUT2D eigenvalue weighted by atomic mass is 10.0. The van der Waals surface area contributed by atoms with Gasteiger partial charge in [-0.25, -0.2) is 0 Å². The van der Waals surface area contributed by atoms with Gasteiger partial charge in [-0.15, -0.1) is 0 Å². The second-order valence-corrected chi connectivity index (χ2v) is 5.67. The Morgan fingerprint density at radius 1 is 1.16 bits per heavy atom. The first-order valence-electron chi connectivity index (χ1n) is 8.05. The zero-order valence-electron chi connectivity index (χ0n) is 14.5. The van der Waals surface area contributed by atoms with E-state index in [4.69, 9.17) is 4.74 Å². The van der Waals surface area contributed by atoms with Crippen LogP contribution in [-0.2, 0) is 9.59 Å². The lowest BCUT2D eigenvalue weighted by molar-refractivity contribution is -0.136. The lowest BCUT2D eigenvalue weighted by Gasteiger charge is -2.18. The summed E-state index contributed by atoms with van der Waals surface area (Å²) in [6.45, 7) is 6.13. The lowest BCUT2D eigenvalue weighted by Crippen LogP contribution is -2.37. The van der Waals surface area contributed by atoms with Gasteiger partial charge in [0, 0.05) is 17.3 Å². The fourth-order valence-corrected chi connectivity index (χ4v) is 2.40. The molecule has 0 aliphatic heterocycles. The normalized spacial score (nSPS) is 11.5. The molecule has 0 fully saturated rings. The van der Waals surface area contributed by atoms with E-state index in [1.165, 1.54) is 12.1 Å². The molecule has 2 aromatic carbocycles. The Balaban J connectivity index is 2.06. The number of hydrogen-bond acceptors (Lipinski definition) is 4. The number of ether oxygens (including phenoxy) is 1. The Hall–Kier alpha value is -3.02. The summed E-state index contributed by atoms with van der Waals surface area (Å²) in [4.78, 5) is 24.2. The maximum atomic E-state index is 12.1. The number of rotatable bonds is 5. The van der Waals surface area contributed by atoms with E-state index in [2.05, 4.69) is 10.6 Å². The second kappa shape index (κ2) is 8.19. The molecule has 0 saturated carbocycles. The SMILES string of the molecule is CCOc1ccc(C)cc1C(C)NC(=O)C(=O)Nc1cccc(O)c1. The summed E-state index contributed by atoms with van der Waals surface area (Å²) in [5.41, 5.74) is 2.18. The van der Waals surface area contributed by atoms with Crippen molar-refractivity contribution in [1.82, 2.24) is 5.32 Å². The number of carbonyl (C=O) groups is 2. The molecule has 1 unspecified atom stereocenters. The zero-order valence-corrected chi connectivity index (χ0v) is 14.5. The van der Waals surface area contributed by atoms with Crippen LogP contribution in [0.1, 0.15) is 31.0 Å². The molecule has 0 spiro atoms. The van der Waals surface area contributed by atoms with Crippen LogP contribution in [0.2, 0.25) is 0 Å². The molecule has 6 nitrogen and oxygen atoms in total. The van der Waals surface area contributed by atoms with Crippen LogP contribution in [0.4, 0.5) is 5.69 Å². The van der Waals surface area contributed by atoms with Gasteiger partial charge in [-0.3, -0.25) is 9.59 Å². The number of phenolic OH excluding ortho intramolecular Hbond substituents is 1. The van der Waals surface area contributed by atoms with Gasteiger partial charge in [-0.2, -0.15) is 0 Å². The predicted molar refractivity (Wildman–Crippen MR) is 95.6 cm³/mol. The summed E-state index contributed by atoms with van der Waals surface area (Å²) in [6.07, 6.45) is 0. The zero-order chi connectivity index (χ0) is 18.4. The summed E-state index contributed by atoms with van der Waals surface area (Å²) in [6, 6.07) is 11.3. The molecule has 6 heteroatoms. The molecule has 2 amide bonds.